The van der Waals surface area contributed by atoms with E-state index < -0.39 is 29.2 Å². The molecule has 0 saturated heterocycles. The van der Waals surface area contributed by atoms with Crippen molar-refractivity contribution >= 4 is 24.2 Å². The highest BCUT2D eigenvalue weighted by molar-refractivity contribution is 6.58. The lowest BCUT2D eigenvalue weighted by molar-refractivity contribution is 0.420. The van der Waals surface area contributed by atoms with Gasteiger partial charge in [0, 0.05) is 5.46 Å². The Bertz CT molecular complexity index is 306. The lowest BCUT2D eigenvalue weighted by Gasteiger charge is -2.02. The van der Waals surface area contributed by atoms with Crippen LogP contribution in [0, 0.1) is 11.6 Å². The van der Waals surface area contributed by atoms with Gasteiger partial charge >= 0.3 is 7.12 Å². The first kappa shape index (κ1) is 9.44. The van der Waals surface area contributed by atoms with Gasteiger partial charge in [-0.3, -0.25) is 0 Å². The average Bonchev–Trinajstić information content (AvgIpc) is 2.00. The summed E-state index contributed by atoms with van der Waals surface area (Å²) in [6.45, 7) is 0. The average molecular weight is 192 g/mol. The Morgan fingerprint density at radius 1 is 1.17 bits per heavy atom. The summed E-state index contributed by atoms with van der Waals surface area (Å²) in [5.74, 6) is -2.61. The minimum absolute atomic E-state index is 0.392. The van der Waals surface area contributed by atoms with Crippen molar-refractivity contribution in [3.8, 4) is 0 Å². The second-order valence-corrected chi connectivity index (χ2v) is 2.55. The van der Waals surface area contributed by atoms with Gasteiger partial charge in [0.1, 0.15) is 0 Å². The van der Waals surface area contributed by atoms with E-state index in [4.69, 9.17) is 21.6 Å². The molecule has 0 fully saturated rings. The number of hydrogen-bond acceptors (Lipinski definition) is 2. The Balaban J connectivity index is 3.27. The first-order chi connectivity index (χ1) is 5.54. The quantitative estimate of drug-likeness (QED) is 0.496. The van der Waals surface area contributed by atoms with E-state index in [1.54, 1.807) is 0 Å². The molecule has 1 aromatic rings. The Labute approximate surface area is 72.5 Å². The minimum Gasteiger partial charge on any atom is -0.423 e. The molecule has 0 unspecified atom stereocenters. The van der Waals surface area contributed by atoms with Crippen molar-refractivity contribution in [3.63, 3.8) is 0 Å². The van der Waals surface area contributed by atoms with Crippen molar-refractivity contribution in [2.24, 2.45) is 0 Å². The second-order valence-electron chi connectivity index (χ2n) is 2.14. The van der Waals surface area contributed by atoms with Crippen LogP contribution in [0.1, 0.15) is 0 Å². The number of rotatable bonds is 1. The normalized spacial score (nSPS) is 10.1. The lowest BCUT2D eigenvalue weighted by Crippen LogP contribution is -2.33. The van der Waals surface area contributed by atoms with Gasteiger partial charge in [-0.15, -0.1) is 0 Å². The zero-order valence-corrected chi connectivity index (χ0v) is 6.52. The predicted molar refractivity (Wildman–Crippen MR) is 41.2 cm³/mol. The van der Waals surface area contributed by atoms with Crippen molar-refractivity contribution in [1.29, 1.82) is 0 Å². The van der Waals surface area contributed by atoms with Crippen LogP contribution >= 0.6 is 11.6 Å². The van der Waals surface area contributed by atoms with Crippen molar-refractivity contribution in [2.45, 2.75) is 0 Å². The maximum Gasteiger partial charge on any atom is 0.491 e. The van der Waals surface area contributed by atoms with Gasteiger partial charge in [-0.25, -0.2) is 8.78 Å². The van der Waals surface area contributed by atoms with Crippen LogP contribution in [0.4, 0.5) is 8.78 Å². The van der Waals surface area contributed by atoms with Crippen LogP contribution in [0.5, 0.6) is 0 Å². The van der Waals surface area contributed by atoms with E-state index in [2.05, 4.69) is 0 Å². The molecule has 0 bridgehead atoms. The molecule has 12 heavy (non-hydrogen) atoms. The van der Waals surface area contributed by atoms with E-state index >= 15 is 0 Å². The molecule has 0 radical (unpaired) electrons. The molecule has 0 spiro atoms. The van der Waals surface area contributed by atoms with Crippen LogP contribution in [0.3, 0.4) is 0 Å². The maximum atomic E-state index is 12.7. The second kappa shape index (κ2) is 3.39. The molecule has 6 heteroatoms. The highest BCUT2D eigenvalue weighted by Crippen LogP contribution is 2.14. The molecule has 0 amide bonds. The summed E-state index contributed by atoms with van der Waals surface area (Å²) in [7, 11) is -2.03. The number of hydrogen-bond donors (Lipinski definition) is 2. The topological polar surface area (TPSA) is 40.5 Å². The molecule has 2 nitrogen and oxygen atoms in total. The standard InChI is InChI=1S/C6H4BClF2O2/c8-4-2-1-3(7(11)12)5(9)6(4)10/h1-2,11-12H. The third-order valence-electron chi connectivity index (χ3n) is 1.34. The third kappa shape index (κ3) is 1.58. The van der Waals surface area contributed by atoms with Crippen molar-refractivity contribution in [2.75, 3.05) is 0 Å². The minimum atomic E-state index is -2.03. The summed E-state index contributed by atoms with van der Waals surface area (Å²) >= 11 is 5.21. The Hall–Kier alpha value is -0.645. The molecule has 0 aliphatic heterocycles. The van der Waals surface area contributed by atoms with Crippen LogP contribution in [0.25, 0.3) is 0 Å². The molecule has 0 heterocycles. The SMILES string of the molecule is OB(O)c1ccc(Cl)c(F)c1F. The molecule has 0 aromatic heterocycles. The van der Waals surface area contributed by atoms with Gasteiger partial charge < -0.3 is 10.0 Å². The summed E-state index contributed by atoms with van der Waals surface area (Å²) in [4.78, 5) is 0. The van der Waals surface area contributed by atoms with Crippen LogP contribution < -0.4 is 5.46 Å². The zero-order valence-electron chi connectivity index (χ0n) is 5.76. The van der Waals surface area contributed by atoms with E-state index in [9.17, 15) is 8.78 Å². The number of halogens is 3. The van der Waals surface area contributed by atoms with Crippen LogP contribution in [-0.2, 0) is 0 Å². The molecular formula is C6H4BClF2O2. The van der Waals surface area contributed by atoms with Crippen LogP contribution in [0.2, 0.25) is 5.02 Å². The predicted octanol–water partition coefficient (Wildman–Crippen LogP) is 0.298. The number of benzene rings is 1. The Morgan fingerprint density at radius 2 is 1.75 bits per heavy atom. The summed E-state index contributed by atoms with van der Waals surface area (Å²) < 4.78 is 25.4. The highest BCUT2D eigenvalue weighted by Gasteiger charge is 2.20. The summed E-state index contributed by atoms with van der Waals surface area (Å²) in [6.07, 6.45) is 0. The van der Waals surface area contributed by atoms with Crippen molar-refractivity contribution < 1.29 is 18.8 Å². The van der Waals surface area contributed by atoms with Gasteiger partial charge in [-0.05, 0) is 6.07 Å². The Morgan fingerprint density at radius 3 is 2.25 bits per heavy atom. The molecule has 0 aliphatic rings. The molecule has 2 N–H and O–H groups in total. The highest BCUT2D eigenvalue weighted by atomic mass is 35.5. The molecule has 0 aliphatic carbocycles. The van der Waals surface area contributed by atoms with Gasteiger partial charge in [0.2, 0.25) is 0 Å². The Kier molecular flexibility index (Phi) is 2.67. The smallest absolute Gasteiger partial charge is 0.423 e. The van der Waals surface area contributed by atoms with Gasteiger partial charge in [0.25, 0.3) is 0 Å². The fraction of sp³-hybridized carbons (Fsp3) is 0. The van der Waals surface area contributed by atoms with E-state index in [1.807, 2.05) is 0 Å². The molecule has 0 saturated carbocycles. The monoisotopic (exact) mass is 192 g/mol. The molecular weight excluding hydrogens is 188 g/mol. The van der Waals surface area contributed by atoms with E-state index in [1.165, 1.54) is 0 Å². The molecule has 1 aromatic carbocycles. The van der Waals surface area contributed by atoms with Crippen LogP contribution in [-0.4, -0.2) is 17.2 Å². The van der Waals surface area contributed by atoms with Gasteiger partial charge in [-0.1, -0.05) is 17.7 Å². The van der Waals surface area contributed by atoms with Gasteiger partial charge in [0.15, 0.2) is 11.6 Å². The van der Waals surface area contributed by atoms with E-state index in [0.29, 0.717) is 0 Å². The van der Waals surface area contributed by atoms with E-state index in [0.717, 1.165) is 12.1 Å². The lowest BCUT2D eigenvalue weighted by atomic mass is 9.80. The van der Waals surface area contributed by atoms with Gasteiger partial charge in [-0.2, -0.15) is 0 Å². The first-order valence-electron chi connectivity index (χ1n) is 3.03. The summed E-state index contributed by atoms with van der Waals surface area (Å²) in [6, 6.07) is 2.06. The van der Waals surface area contributed by atoms with E-state index in [-0.39, 0.29) is 0 Å². The first-order valence-corrected chi connectivity index (χ1v) is 3.41. The molecule has 64 valence electrons. The zero-order chi connectivity index (χ0) is 9.30. The molecule has 0 atom stereocenters. The molecule has 1 rings (SSSR count). The fourth-order valence-electron chi connectivity index (χ4n) is 0.740. The van der Waals surface area contributed by atoms with Crippen molar-refractivity contribution in [3.05, 3.63) is 28.8 Å². The third-order valence-corrected chi connectivity index (χ3v) is 1.64. The van der Waals surface area contributed by atoms with Crippen LogP contribution in [0.15, 0.2) is 12.1 Å². The summed E-state index contributed by atoms with van der Waals surface area (Å²) in [5, 5.41) is 16.7. The largest absolute Gasteiger partial charge is 0.491 e. The van der Waals surface area contributed by atoms with Crippen molar-refractivity contribution in [1.82, 2.24) is 0 Å². The fourth-order valence-corrected chi connectivity index (χ4v) is 0.886. The maximum absolute atomic E-state index is 12.7. The van der Waals surface area contributed by atoms with Gasteiger partial charge in [0.05, 0.1) is 5.02 Å². The summed E-state index contributed by atoms with van der Waals surface area (Å²) in [5.41, 5.74) is -0.531.